The Morgan fingerprint density at radius 3 is 1.03 bits per heavy atom. The van der Waals surface area contributed by atoms with Crippen molar-refractivity contribution in [3.8, 4) is 0 Å². The van der Waals surface area contributed by atoms with E-state index in [2.05, 4.69) is 19.2 Å². The van der Waals surface area contributed by atoms with Crippen LogP contribution in [0.4, 0.5) is 0 Å². The number of rotatable bonds is 55. The van der Waals surface area contributed by atoms with Crippen molar-refractivity contribution >= 4 is 13.7 Å². The molecular weight excluding hydrogens is 954 g/mol. The predicted octanol–water partition coefficient (Wildman–Crippen LogP) is 15.1. The molecule has 1 aliphatic rings. The van der Waals surface area contributed by atoms with Crippen LogP contribution in [0.15, 0.2) is 12.2 Å². The number of amides is 1. The van der Waals surface area contributed by atoms with Crippen molar-refractivity contribution in [2.75, 3.05) is 6.61 Å². The van der Waals surface area contributed by atoms with Crippen molar-refractivity contribution in [3.63, 3.8) is 0 Å². The minimum atomic E-state index is -5.08. The van der Waals surface area contributed by atoms with E-state index in [0.29, 0.717) is 6.42 Å². The molecule has 0 radical (unpaired) electrons. The second kappa shape index (κ2) is 50.3. The number of carbonyl (C=O) groups is 1. The molecule has 1 fully saturated rings. The first-order valence-corrected chi connectivity index (χ1v) is 33.1. The molecule has 0 aromatic rings. The van der Waals surface area contributed by atoms with Crippen LogP contribution in [0.3, 0.4) is 0 Å². The van der Waals surface area contributed by atoms with Gasteiger partial charge >= 0.3 is 7.82 Å². The Morgan fingerprint density at radius 2 is 0.716 bits per heavy atom. The van der Waals surface area contributed by atoms with Crippen LogP contribution in [0, 0.1) is 0 Å². The molecule has 0 aliphatic heterocycles. The van der Waals surface area contributed by atoms with E-state index in [1.807, 2.05) is 6.08 Å². The molecule has 0 saturated heterocycles. The van der Waals surface area contributed by atoms with Crippen molar-refractivity contribution in [2.24, 2.45) is 0 Å². The van der Waals surface area contributed by atoms with Crippen LogP contribution in [0.25, 0.3) is 0 Å². The third-order valence-electron chi connectivity index (χ3n) is 15.6. The summed E-state index contributed by atoms with van der Waals surface area (Å²) < 4.78 is 23.0. The summed E-state index contributed by atoms with van der Waals surface area (Å²) in [5.74, 6) is -0.334. The van der Waals surface area contributed by atoms with Crippen LogP contribution in [0.5, 0.6) is 0 Å². The Balaban J connectivity index is 2.18. The number of allylic oxidation sites excluding steroid dienone is 1. The maximum Gasteiger partial charge on any atom is 0.472 e. The summed E-state index contributed by atoms with van der Waals surface area (Å²) in [5, 5.41) is 64.3. The number of aliphatic hydroxyl groups excluding tert-OH is 6. The van der Waals surface area contributed by atoms with Gasteiger partial charge in [-0.25, -0.2) is 4.57 Å². The number of phosphoric ester groups is 1. The molecule has 13 heteroatoms. The minimum Gasteiger partial charge on any atom is -0.387 e. The minimum absolute atomic E-state index is 0.219. The number of unbranched alkanes of at least 4 members (excludes halogenated alkanes) is 44. The molecule has 9 atom stereocenters. The maximum absolute atomic E-state index is 13.0. The van der Waals surface area contributed by atoms with Gasteiger partial charge in [0.05, 0.1) is 18.8 Å². The molecule has 1 rings (SSSR count). The van der Waals surface area contributed by atoms with Gasteiger partial charge in [0.15, 0.2) is 0 Å². The van der Waals surface area contributed by atoms with Crippen molar-refractivity contribution in [1.82, 2.24) is 5.32 Å². The maximum atomic E-state index is 13.0. The van der Waals surface area contributed by atoms with Crippen LogP contribution in [-0.2, 0) is 18.4 Å². The highest BCUT2D eigenvalue weighted by Crippen LogP contribution is 2.47. The van der Waals surface area contributed by atoms with Crippen molar-refractivity contribution in [2.45, 2.75) is 364 Å². The van der Waals surface area contributed by atoms with E-state index < -0.39 is 63.2 Å². The van der Waals surface area contributed by atoms with Gasteiger partial charge in [-0.15, -0.1) is 0 Å². The summed E-state index contributed by atoms with van der Waals surface area (Å²) in [6, 6.07) is -1.11. The standard InChI is InChI=1S/C61H120NO11P/c1-3-5-7-9-11-13-15-17-19-20-21-22-23-24-25-26-27-28-29-30-31-32-33-34-35-36-37-39-41-43-45-47-49-51-55(64)62-53(52-72-74(70,71)73-61-59(68)57(66)56(65)58(67)60(61)69)54(63)50-48-46-44-42-40-38-18-16-14-12-10-8-6-4-2/h48,50,53-54,56-61,63,65-69H,3-47,49,51-52H2,1-2H3,(H,62,64)(H,70,71)/b50-48+/t53-,54+,56?,57+,58?,59?,60?,61?/m0/s1. The second-order valence-corrected chi connectivity index (χ2v) is 24.0. The Bertz CT molecular complexity index is 1290. The van der Waals surface area contributed by atoms with Crippen molar-refractivity contribution in [1.29, 1.82) is 0 Å². The van der Waals surface area contributed by atoms with E-state index in [1.54, 1.807) is 6.08 Å². The first kappa shape index (κ1) is 71.1. The van der Waals surface area contributed by atoms with E-state index in [0.717, 1.165) is 44.9 Å². The van der Waals surface area contributed by atoms with Gasteiger partial charge in [-0.1, -0.05) is 302 Å². The molecule has 0 aromatic carbocycles. The number of nitrogens with one attached hydrogen (secondary N) is 1. The lowest BCUT2D eigenvalue weighted by molar-refractivity contribution is -0.220. The first-order valence-electron chi connectivity index (χ1n) is 31.6. The van der Waals surface area contributed by atoms with Crippen LogP contribution in [0.1, 0.15) is 316 Å². The van der Waals surface area contributed by atoms with E-state index in [-0.39, 0.29) is 12.3 Å². The zero-order chi connectivity index (χ0) is 54.2. The van der Waals surface area contributed by atoms with Crippen LogP contribution in [-0.4, -0.2) is 96.8 Å². The lowest BCUT2D eigenvalue weighted by Gasteiger charge is -2.41. The number of aliphatic hydroxyl groups is 6. The van der Waals surface area contributed by atoms with Crippen molar-refractivity contribution < 1.29 is 53.9 Å². The molecule has 440 valence electrons. The zero-order valence-corrected chi connectivity index (χ0v) is 48.8. The van der Waals surface area contributed by atoms with Crippen LogP contribution < -0.4 is 5.32 Å². The average Bonchev–Trinajstić information content (AvgIpc) is 3.39. The highest BCUT2D eigenvalue weighted by atomic mass is 31.2. The summed E-state index contributed by atoms with van der Waals surface area (Å²) in [5.41, 5.74) is 0. The van der Waals surface area contributed by atoms with Gasteiger partial charge in [0, 0.05) is 6.42 Å². The van der Waals surface area contributed by atoms with Gasteiger partial charge in [0.2, 0.25) is 5.91 Å². The first-order chi connectivity index (χ1) is 35.9. The fourth-order valence-electron chi connectivity index (χ4n) is 10.5. The number of hydrogen-bond acceptors (Lipinski definition) is 10. The third kappa shape index (κ3) is 40.3. The van der Waals surface area contributed by atoms with Gasteiger partial charge in [-0.3, -0.25) is 13.8 Å². The quantitative estimate of drug-likeness (QED) is 0.0163. The highest BCUT2D eigenvalue weighted by Gasteiger charge is 2.51. The van der Waals surface area contributed by atoms with E-state index in [9.17, 15) is 44.9 Å². The lowest BCUT2D eigenvalue weighted by Crippen LogP contribution is -2.64. The smallest absolute Gasteiger partial charge is 0.387 e. The molecule has 8 N–H and O–H groups in total. The van der Waals surface area contributed by atoms with Gasteiger partial charge < -0.3 is 40.8 Å². The van der Waals surface area contributed by atoms with E-state index >= 15 is 0 Å². The monoisotopic (exact) mass is 1070 g/mol. The van der Waals surface area contributed by atoms with E-state index in [1.165, 1.54) is 244 Å². The lowest BCUT2D eigenvalue weighted by atomic mass is 9.85. The number of hydrogen-bond donors (Lipinski definition) is 8. The van der Waals surface area contributed by atoms with Gasteiger partial charge in [0.1, 0.15) is 36.6 Å². The van der Waals surface area contributed by atoms with Gasteiger partial charge in [0.25, 0.3) is 0 Å². The molecule has 0 spiro atoms. The SMILES string of the molecule is CCCCCCCCCCCCCC/C=C/[C@@H](O)[C@H](COP(=O)(O)OC1C(O)C(O)C(O)[C@@H](O)C1O)NC(=O)CCCCCCCCCCCCCCCCCCCCCCCCCCCCCCCCCCC. The molecular formula is C61H120NO11P. The molecule has 12 nitrogen and oxygen atoms in total. The topological polar surface area (TPSA) is 206 Å². The fraction of sp³-hybridized carbons (Fsp3) is 0.951. The van der Waals surface area contributed by atoms with E-state index in [4.69, 9.17) is 9.05 Å². The zero-order valence-electron chi connectivity index (χ0n) is 47.9. The Kier molecular flexibility index (Phi) is 48.3. The normalized spacial score (nSPS) is 20.8. The predicted molar refractivity (Wildman–Crippen MR) is 306 cm³/mol. The van der Waals surface area contributed by atoms with Gasteiger partial charge in [-0.05, 0) is 19.3 Å². The molecule has 6 unspecified atom stereocenters. The summed E-state index contributed by atoms with van der Waals surface area (Å²) in [4.78, 5) is 23.5. The second-order valence-electron chi connectivity index (χ2n) is 22.6. The van der Waals surface area contributed by atoms with Gasteiger partial charge in [-0.2, -0.15) is 0 Å². The molecule has 74 heavy (non-hydrogen) atoms. The molecule has 1 amide bonds. The Hall–Kier alpha value is -0.920. The molecule has 0 aromatic heterocycles. The average molecular weight is 1070 g/mol. The third-order valence-corrected chi connectivity index (χ3v) is 16.6. The number of phosphoric acid groups is 1. The van der Waals surface area contributed by atoms with Crippen LogP contribution >= 0.6 is 7.82 Å². The molecule has 0 bridgehead atoms. The Morgan fingerprint density at radius 1 is 0.446 bits per heavy atom. The fourth-order valence-corrected chi connectivity index (χ4v) is 11.5. The molecule has 0 heterocycles. The summed E-state index contributed by atoms with van der Waals surface area (Å²) >= 11 is 0. The molecule has 1 saturated carbocycles. The summed E-state index contributed by atoms with van der Waals surface area (Å²) in [7, 11) is -5.08. The highest BCUT2D eigenvalue weighted by molar-refractivity contribution is 7.47. The number of carbonyl (C=O) groups excluding carboxylic acids is 1. The summed E-state index contributed by atoms with van der Waals surface area (Å²) in [6.07, 6.45) is 50.4. The molecule has 1 aliphatic carbocycles. The Labute approximate surface area is 454 Å². The van der Waals surface area contributed by atoms with Crippen molar-refractivity contribution in [3.05, 3.63) is 12.2 Å². The largest absolute Gasteiger partial charge is 0.472 e. The van der Waals surface area contributed by atoms with Crippen LogP contribution in [0.2, 0.25) is 0 Å². The summed E-state index contributed by atoms with van der Waals surface area (Å²) in [6.45, 7) is 3.89.